The van der Waals surface area contributed by atoms with E-state index in [4.69, 9.17) is 5.73 Å². The van der Waals surface area contributed by atoms with E-state index in [-0.39, 0.29) is 11.3 Å². The zero-order chi connectivity index (χ0) is 14.3. The average Bonchev–Trinajstić information content (AvgIpc) is 2.32. The highest BCUT2D eigenvalue weighted by Gasteiger charge is 2.46. The molecule has 0 spiro atoms. The number of piperidine rings is 1. The largest absolute Gasteiger partial charge is 0.329 e. The third-order valence-corrected chi connectivity index (χ3v) is 7.06. The van der Waals surface area contributed by atoms with Crippen molar-refractivity contribution in [3.63, 3.8) is 0 Å². The van der Waals surface area contributed by atoms with Gasteiger partial charge in [0.25, 0.3) is 0 Å². The van der Waals surface area contributed by atoms with E-state index in [0.717, 1.165) is 19.4 Å². The highest BCUT2D eigenvalue weighted by molar-refractivity contribution is 7.91. The molecule has 2 rings (SSSR count). The van der Waals surface area contributed by atoms with Gasteiger partial charge in [0.15, 0.2) is 9.84 Å². The van der Waals surface area contributed by atoms with Crippen molar-refractivity contribution in [2.24, 2.45) is 17.6 Å². The van der Waals surface area contributed by atoms with Crippen molar-refractivity contribution in [3.05, 3.63) is 0 Å². The molecule has 0 aromatic rings. The second-order valence-electron chi connectivity index (χ2n) is 6.84. The molecule has 0 aromatic heterocycles. The molecule has 2 saturated heterocycles. The molecule has 2 aliphatic rings. The minimum atomic E-state index is -2.93. The van der Waals surface area contributed by atoms with E-state index in [1.54, 1.807) is 0 Å². The lowest BCUT2D eigenvalue weighted by atomic mass is 9.80. The lowest BCUT2D eigenvalue weighted by molar-refractivity contribution is -0.0114. The summed E-state index contributed by atoms with van der Waals surface area (Å²) in [6, 6.07) is 0.424. The number of rotatable bonds is 2. The van der Waals surface area contributed by atoms with Crippen LogP contribution in [-0.4, -0.2) is 49.5 Å². The van der Waals surface area contributed by atoms with E-state index < -0.39 is 9.84 Å². The second kappa shape index (κ2) is 5.34. The van der Waals surface area contributed by atoms with E-state index in [9.17, 15) is 8.42 Å². The van der Waals surface area contributed by atoms with Crippen LogP contribution in [0, 0.1) is 11.8 Å². The van der Waals surface area contributed by atoms with Crippen LogP contribution in [0.3, 0.4) is 0 Å². The molecule has 19 heavy (non-hydrogen) atoms. The van der Waals surface area contributed by atoms with Gasteiger partial charge in [0.2, 0.25) is 0 Å². The van der Waals surface area contributed by atoms with Gasteiger partial charge in [-0.2, -0.15) is 0 Å². The maximum absolute atomic E-state index is 12.1. The van der Waals surface area contributed by atoms with E-state index in [1.807, 2.05) is 0 Å². The predicted octanol–water partition coefficient (Wildman–Crippen LogP) is 1.26. The van der Waals surface area contributed by atoms with Crippen LogP contribution in [0.2, 0.25) is 0 Å². The fourth-order valence-electron chi connectivity index (χ4n) is 4.02. The van der Waals surface area contributed by atoms with Crippen molar-refractivity contribution in [2.45, 2.75) is 51.6 Å². The van der Waals surface area contributed by atoms with E-state index in [1.165, 1.54) is 6.42 Å². The molecule has 5 heteroatoms. The van der Waals surface area contributed by atoms with Gasteiger partial charge >= 0.3 is 0 Å². The van der Waals surface area contributed by atoms with Crippen LogP contribution in [-0.2, 0) is 9.84 Å². The first-order chi connectivity index (χ1) is 8.80. The molecule has 4 atom stereocenters. The smallest absolute Gasteiger partial charge is 0.152 e. The molecule has 4 unspecified atom stereocenters. The third-order valence-electron chi connectivity index (χ3n) is 5.17. The van der Waals surface area contributed by atoms with Gasteiger partial charge in [-0.15, -0.1) is 0 Å². The summed E-state index contributed by atoms with van der Waals surface area (Å²) >= 11 is 0. The standard InChI is InChI=1S/C14H28N2O2S/c1-11-7-12(2)13(3)16(8-11)14(9-15)5-4-6-19(17,18)10-14/h11-13H,4-10,15H2,1-3H3. The summed E-state index contributed by atoms with van der Waals surface area (Å²) in [5.74, 6) is 1.82. The average molecular weight is 288 g/mol. The van der Waals surface area contributed by atoms with E-state index in [2.05, 4.69) is 25.7 Å². The molecular formula is C14H28N2O2S. The van der Waals surface area contributed by atoms with Gasteiger partial charge in [0.05, 0.1) is 11.5 Å². The lowest BCUT2D eigenvalue weighted by Gasteiger charge is -2.53. The molecule has 2 N–H and O–H groups in total. The fourth-order valence-corrected chi connectivity index (χ4v) is 6.00. The third kappa shape index (κ3) is 2.98. The zero-order valence-corrected chi connectivity index (χ0v) is 13.2. The molecule has 112 valence electrons. The van der Waals surface area contributed by atoms with Gasteiger partial charge in [0.1, 0.15) is 0 Å². The normalized spacial score (nSPS) is 44.1. The Labute approximate surface area is 117 Å². The maximum Gasteiger partial charge on any atom is 0.152 e. The van der Waals surface area contributed by atoms with Crippen molar-refractivity contribution in [3.8, 4) is 0 Å². The monoisotopic (exact) mass is 288 g/mol. The summed E-state index contributed by atoms with van der Waals surface area (Å²) in [6.45, 7) is 8.20. The van der Waals surface area contributed by atoms with Crippen LogP contribution in [0.4, 0.5) is 0 Å². The molecule has 4 nitrogen and oxygen atoms in total. The molecule has 2 fully saturated rings. The van der Waals surface area contributed by atoms with Gasteiger partial charge in [-0.25, -0.2) is 8.42 Å². The summed E-state index contributed by atoms with van der Waals surface area (Å²) in [5.41, 5.74) is 5.72. The number of sulfone groups is 1. The zero-order valence-electron chi connectivity index (χ0n) is 12.4. The Morgan fingerprint density at radius 3 is 2.58 bits per heavy atom. The SMILES string of the molecule is CC1CC(C)C(C)N(C2(CN)CCCS(=O)(=O)C2)C1. The Kier molecular flexibility index (Phi) is 4.29. The molecular weight excluding hydrogens is 260 g/mol. The Morgan fingerprint density at radius 2 is 2.00 bits per heavy atom. The number of hydrogen-bond donors (Lipinski definition) is 1. The number of hydrogen-bond acceptors (Lipinski definition) is 4. The molecule has 0 radical (unpaired) electrons. The number of nitrogens with two attached hydrogens (primary N) is 1. The molecule has 2 heterocycles. The fraction of sp³-hybridized carbons (Fsp3) is 1.00. The minimum Gasteiger partial charge on any atom is -0.329 e. The Hall–Kier alpha value is -0.130. The van der Waals surface area contributed by atoms with Crippen LogP contribution >= 0.6 is 0 Å². The van der Waals surface area contributed by atoms with Gasteiger partial charge in [-0.1, -0.05) is 13.8 Å². The van der Waals surface area contributed by atoms with Gasteiger partial charge in [-0.3, -0.25) is 4.90 Å². The van der Waals surface area contributed by atoms with E-state index in [0.29, 0.717) is 30.2 Å². The number of likely N-dealkylation sites (tertiary alicyclic amines) is 1. The first kappa shape index (κ1) is 15.3. The van der Waals surface area contributed by atoms with Crippen LogP contribution in [0.1, 0.15) is 40.0 Å². The van der Waals surface area contributed by atoms with Crippen LogP contribution in [0.5, 0.6) is 0 Å². The molecule has 0 bridgehead atoms. The summed E-state index contributed by atoms with van der Waals surface area (Å²) in [6.07, 6.45) is 2.91. The van der Waals surface area contributed by atoms with Crippen molar-refractivity contribution in [1.29, 1.82) is 0 Å². The van der Waals surface area contributed by atoms with Crippen LogP contribution in [0.25, 0.3) is 0 Å². The predicted molar refractivity (Wildman–Crippen MR) is 78.8 cm³/mol. The van der Waals surface area contributed by atoms with Crippen molar-refractivity contribution in [2.75, 3.05) is 24.6 Å². The molecule has 0 aromatic carbocycles. The quantitative estimate of drug-likeness (QED) is 0.831. The van der Waals surface area contributed by atoms with E-state index >= 15 is 0 Å². The molecule has 0 aliphatic carbocycles. The number of nitrogens with zero attached hydrogens (tertiary/aromatic N) is 1. The van der Waals surface area contributed by atoms with Crippen molar-refractivity contribution >= 4 is 9.84 Å². The summed E-state index contributed by atoms with van der Waals surface area (Å²) in [7, 11) is -2.93. The minimum absolute atomic E-state index is 0.250. The van der Waals surface area contributed by atoms with Crippen LogP contribution < -0.4 is 5.73 Å². The highest BCUT2D eigenvalue weighted by Crippen LogP contribution is 2.37. The first-order valence-corrected chi connectivity index (χ1v) is 9.29. The first-order valence-electron chi connectivity index (χ1n) is 7.47. The topological polar surface area (TPSA) is 63.4 Å². The summed E-state index contributed by atoms with van der Waals surface area (Å²) < 4.78 is 24.1. The highest BCUT2D eigenvalue weighted by atomic mass is 32.2. The van der Waals surface area contributed by atoms with Gasteiger partial charge in [-0.05, 0) is 38.0 Å². The second-order valence-corrected chi connectivity index (χ2v) is 9.02. The Morgan fingerprint density at radius 1 is 1.32 bits per heavy atom. The molecule has 2 aliphatic heterocycles. The van der Waals surface area contributed by atoms with Crippen LogP contribution in [0.15, 0.2) is 0 Å². The Balaban J connectivity index is 2.29. The lowest BCUT2D eigenvalue weighted by Crippen LogP contribution is -2.65. The Bertz CT molecular complexity index is 423. The van der Waals surface area contributed by atoms with Gasteiger partial charge in [0, 0.05) is 24.7 Å². The molecule has 0 amide bonds. The maximum atomic E-state index is 12.1. The summed E-state index contributed by atoms with van der Waals surface area (Å²) in [5, 5.41) is 0. The summed E-state index contributed by atoms with van der Waals surface area (Å²) in [4.78, 5) is 2.42. The van der Waals surface area contributed by atoms with Crippen molar-refractivity contribution < 1.29 is 8.42 Å². The van der Waals surface area contributed by atoms with Crippen molar-refractivity contribution in [1.82, 2.24) is 4.90 Å². The molecule has 0 saturated carbocycles. The van der Waals surface area contributed by atoms with Gasteiger partial charge < -0.3 is 5.73 Å².